The summed E-state index contributed by atoms with van der Waals surface area (Å²) in [7, 11) is 0. The summed E-state index contributed by atoms with van der Waals surface area (Å²) in [6, 6.07) is 6.57. The summed E-state index contributed by atoms with van der Waals surface area (Å²) in [5, 5.41) is 0. The Kier molecular flexibility index (Phi) is 7.00. The van der Waals surface area contributed by atoms with Crippen molar-refractivity contribution in [1.82, 2.24) is 4.57 Å². The van der Waals surface area contributed by atoms with E-state index in [1.165, 1.54) is 6.07 Å². The zero-order chi connectivity index (χ0) is 14.9. The van der Waals surface area contributed by atoms with Gasteiger partial charge in [-0.1, -0.05) is 11.3 Å². The Bertz CT molecular complexity index is 705. The molecule has 0 amide bonds. The van der Waals surface area contributed by atoms with Crippen LogP contribution in [0.4, 0.5) is 17.6 Å². The molecule has 0 fully saturated rings. The fourth-order valence-corrected chi connectivity index (χ4v) is 2.17. The molecule has 1 aromatic carbocycles. The molecule has 2 nitrogen and oxygen atoms in total. The molecule has 0 spiro atoms. The molecular formula is C13H7F4INOY-. The van der Waals surface area contributed by atoms with Crippen molar-refractivity contribution in [1.29, 1.82) is 0 Å². The predicted molar refractivity (Wildman–Crippen MR) is 73.6 cm³/mol. The van der Waals surface area contributed by atoms with Gasteiger partial charge in [0, 0.05) is 32.7 Å². The fraction of sp³-hybridized carbons (Fsp3) is 0.154. The van der Waals surface area contributed by atoms with Crippen LogP contribution in [-0.4, -0.2) is 11.0 Å². The number of rotatable bonds is 3. The van der Waals surface area contributed by atoms with Crippen LogP contribution in [0.1, 0.15) is 0 Å². The number of nitrogens with zero attached hydrogens (tertiary/aromatic N) is 1. The number of hydrogen-bond acceptors (Lipinski definition) is 1. The molecule has 0 aliphatic carbocycles. The van der Waals surface area contributed by atoms with Gasteiger partial charge in [0.2, 0.25) is 5.56 Å². The third-order valence-corrected chi connectivity index (χ3v) is 3.33. The molecule has 2 rings (SSSR count). The topological polar surface area (TPSA) is 22.0 Å². The van der Waals surface area contributed by atoms with Gasteiger partial charge in [-0.3, -0.25) is 4.79 Å². The van der Waals surface area contributed by atoms with Gasteiger partial charge in [-0.25, -0.2) is 17.6 Å². The largest absolute Gasteiger partial charge is 0.336 e. The Hall–Kier alpha value is -0.276. The second-order valence-corrected chi connectivity index (χ2v) is 5.08. The maximum Gasteiger partial charge on any atom is 0.256 e. The SMILES string of the molecule is O=c1c(I)c[c-]c(-c2ccc(F)cc2F)n1CC(F)F.[Y]. The number of benzene rings is 1. The normalized spacial score (nSPS) is 10.6. The van der Waals surface area contributed by atoms with Gasteiger partial charge >= 0.3 is 0 Å². The van der Waals surface area contributed by atoms with Gasteiger partial charge in [0.25, 0.3) is 6.43 Å². The number of alkyl halides is 2. The van der Waals surface area contributed by atoms with Crippen LogP contribution in [0.2, 0.25) is 0 Å². The second-order valence-electron chi connectivity index (χ2n) is 3.92. The van der Waals surface area contributed by atoms with Gasteiger partial charge in [-0.15, -0.1) is 28.7 Å². The summed E-state index contributed by atoms with van der Waals surface area (Å²) in [6.07, 6.45) is -2.78. The van der Waals surface area contributed by atoms with Gasteiger partial charge in [-0.05, 0) is 15.7 Å². The average Bonchev–Trinajstić information content (AvgIpc) is 2.36. The summed E-state index contributed by atoms with van der Waals surface area (Å²) >= 11 is 1.68. The minimum Gasteiger partial charge on any atom is -0.336 e. The predicted octanol–water partition coefficient (Wildman–Crippen LogP) is 3.46. The van der Waals surface area contributed by atoms with Gasteiger partial charge in [-0.2, -0.15) is 12.1 Å². The van der Waals surface area contributed by atoms with Gasteiger partial charge in [0.1, 0.15) is 5.82 Å². The first kappa shape index (κ1) is 18.8. The molecule has 0 aliphatic heterocycles. The van der Waals surface area contributed by atoms with Crippen LogP contribution < -0.4 is 5.56 Å². The number of pyridine rings is 1. The summed E-state index contributed by atoms with van der Waals surface area (Å²) in [4.78, 5) is 11.9. The molecule has 1 radical (unpaired) electrons. The van der Waals surface area contributed by atoms with E-state index in [0.717, 1.165) is 16.7 Å². The smallest absolute Gasteiger partial charge is 0.256 e. The minimum absolute atomic E-state index is 0. The molecule has 1 aromatic heterocycles. The van der Waals surface area contributed by atoms with Gasteiger partial charge in [0.05, 0.1) is 12.4 Å². The maximum absolute atomic E-state index is 13.7. The number of halogens is 5. The van der Waals surface area contributed by atoms with Crippen LogP contribution in [0, 0.1) is 21.3 Å². The van der Waals surface area contributed by atoms with E-state index in [0.29, 0.717) is 6.07 Å². The molecule has 8 heteroatoms. The Morgan fingerprint density at radius 3 is 2.52 bits per heavy atom. The van der Waals surface area contributed by atoms with Crippen molar-refractivity contribution in [3.63, 3.8) is 0 Å². The van der Waals surface area contributed by atoms with Gasteiger partial charge < -0.3 is 4.57 Å². The van der Waals surface area contributed by atoms with Crippen LogP contribution in [0.15, 0.2) is 29.1 Å². The molecule has 0 N–H and O–H groups in total. The van der Waals surface area contributed by atoms with Crippen molar-refractivity contribution in [3.8, 4) is 11.3 Å². The molecule has 0 saturated heterocycles. The molecule has 2 aromatic rings. The standard InChI is InChI=1S/C13H7F4INO.Y/c14-7-1-2-8(9(15)5-7)11-4-3-10(18)13(20)19(11)6-12(16)17;/h1-3,5,12H,6H2;/q-1;. The third kappa shape index (κ3) is 4.35. The molecule has 0 unspecified atom stereocenters. The van der Waals surface area contributed by atoms with Crippen molar-refractivity contribution in [2.24, 2.45) is 0 Å². The molecule has 1 heterocycles. The van der Waals surface area contributed by atoms with E-state index < -0.39 is 30.2 Å². The number of aromatic nitrogens is 1. The first-order valence-electron chi connectivity index (χ1n) is 5.44. The van der Waals surface area contributed by atoms with E-state index in [9.17, 15) is 22.4 Å². The summed E-state index contributed by atoms with van der Waals surface area (Å²) in [5.41, 5.74) is -0.947. The zero-order valence-corrected chi connectivity index (χ0v) is 15.4. The first-order valence-corrected chi connectivity index (χ1v) is 6.52. The molecule has 109 valence electrons. The van der Waals surface area contributed by atoms with E-state index in [2.05, 4.69) is 6.07 Å². The maximum atomic E-state index is 13.7. The number of hydrogen-bond donors (Lipinski definition) is 0. The van der Waals surface area contributed by atoms with Crippen molar-refractivity contribution in [2.75, 3.05) is 0 Å². The van der Waals surface area contributed by atoms with Crippen molar-refractivity contribution in [3.05, 3.63) is 55.9 Å². The Morgan fingerprint density at radius 1 is 1.29 bits per heavy atom. The van der Waals surface area contributed by atoms with Crippen LogP contribution in [0.5, 0.6) is 0 Å². The minimum atomic E-state index is -2.78. The van der Waals surface area contributed by atoms with Crippen molar-refractivity contribution in [2.45, 2.75) is 13.0 Å². The van der Waals surface area contributed by atoms with Crippen LogP contribution in [0.3, 0.4) is 0 Å². The summed E-state index contributed by atoms with van der Waals surface area (Å²) in [5.74, 6) is -1.73. The van der Waals surface area contributed by atoms with Gasteiger partial charge in [0.15, 0.2) is 0 Å². The van der Waals surface area contributed by atoms with Crippen molar-refractivity contribution >= 4 is 22.6 Å². The molecule has 0 atom stereocenters. The van der Waals surface area contributed by atoms with Crippen LogP contribution in [0.25, 0.3) is 11.3 Å². The molecule has 0 aliphatic rings. The Morgan fingerprint density at radius 2 is 1.95 bits per heavy atom. The van der Waals surface area contributed by atoms with Crippen molar-refractivity contribution < 1.29 is 50.3 Å². The fourth-order valence-electron chi connectivity index (χ4n) is 1.72. The summed E-state index contributed by atoms with van der Waals surface area (Å²) < 4.78 is 52.7. The van der Waals surface area contributed by atoms with E-state index in [4.69, 9.17) is 0 Å². The van der Waals surface area contributed by atoms with E-state index in [1.807, 2.05) is 0 Å². The molecule has 21 heavy (non-hydrogen) atoms. The van der Waals surface area contributed by atoms with E-state index in [-0.39, 0.29) is 47.5 Å². The van der Waals surface area contributed by atoms with Crippen LogP contribution in [-0.2, 0) is 39.3 Å². The molecule has 0 bridgehead atoms. The average molecular weight is 485 g/mol. The Labute approximate surface area is 156 Å². The zero-order valence-electron chi connectivity index (χ0n) is 10.4. The second kappa shape index (κ2) is 7.83. The monoisotopic (exact) mass is 485 g/mol. The third-order valence-electron chi connectivity index (χ3n) is 2.56. The van der Waals surface area contributed by atoms with E-state index >= 15 is 0 Å². The summed E-state index contributed by atoms with van der Waals surface area (Å²) in [6.45, 7) is -0.877. The molecular weight excluding hydrogens is 478 g/mol. The quantitative estimate of drug-likeness (QED) is 0.371. The van der Waals surface area contributed by atoms with E-state index in [1.54, 1.807) is 22.6 Å². The van der Waals surface area contributed by atoms with Crippen LogP contribution >= 0.6 is 22.6 Å². The first-order chi connectivity index (χ1) is 9.40. The molecule has 0 saturated carbocycles. The Balaban J connectivity index is 0.00000220.